The fraction of sp³-hybridized carbons (Fsp3) is 0.364. The van der Waals surface area contributed by atoms with Crippen molar-refractivity contribution in [3.63, 3.8) is 0 Å². The zero-order valence-corrected chi connectivity index (χ0v) is 18.1. The quantitative estimate of drug-likeness (QED) is 0.425. The molecule has 0 unspecified atom stereocenters. The molecule has 1 aliphatic carbocycles. The van der Waals surface area contributed by atoms with E-state index < -0.39 is 5.97 Å². The maximum Gasteiger partial charge on any atom is 0.339 e. The van der Waals surface area contributed by atoms with E-state index in [1.54, 1.807) is 30.5 Å². The molecule has 8 nitrogen and oxygen atoms in total. The minimum absolute atomic E-state index is 0.137. The molecule has 3 aromatic rings. The number of benzene rings is 1. The van der Waals surface area contributed by atoms with Gasteiger partial charge in [-0.25, -0.2) is 4.79 Å². The lowest BCUT2D eigenvalue weighted by molar-refractivity contribution is -0.113. The molecule has 1 N–H and O–H groups in total. The van der Waals surface area contributed by atoms with Gasteiger partial charge in [-0.3, -0.25) is 9.36 Å². The van der Waals surface area contributed by atoms with Gasteiger partial charge in [-0.1, -0.05) is 43.2 Å². The molecule has 9 heteroatoms. The Bertz CT molecular complexity index is 1040. The number of furan rings is 1. The SMILES string of the molecule is COC(=O)c1ccccc1NC(=O)CSc1nnc(-c2ccco2)n1C1CCCCC1. The van der Waals surface area contributed by atoms with E-state index in [4.69, 9.17) is 9.15 Å². The number of methoxy groups -OCH3 is 1. The van der Waals surface area contributed by atoms with Crippen molar-refractivity contribution < 1.29 is 18.7 Å². The number of anilines is 1. The molecule has 1 fully saturated rings. The van der Waals surface area contributed by atoms with Crippen LogP contribution >= 0.6 is 11.8 Å². The van der Waals surface area contributed by atoms with Crippen molar-refractivity contribution >= 4 is 29.3 Å². The normalized spacial score (nSPS) is 14.4. The minimum Gasteiger partial charge on any atom is -0.465 e. The van der Waals surface area contributed by atoms with Crippen molar-refractivity contribution in [2.45, 2.75) is 43.3 Å². The summed E-state index contributed by atoms with van der Waals surface area (Å²) >= 11 is 1.33. The molecule has 2 heterocycles. The number of amides is 1. The fourth-order valence-electron chi connectivity index (χ4n) is 3.81. The molecule has 162 valence electrons. The van der Waals surface area contributed by atoms with Gasteiger partial charge in [0.05, 0.1) is 30.4 Å². The predicted molar refractivity (Wildman–Crippen MR) is 117 cm³/mol. The number of carbonyl (C=O) groups excluding carboxylic acids is 2. The highest BCUT2D eigenvalue weighted by atomic mass is 32.2. The van der Waals surface area contributed by atoms with Gasteiger partial charge in [-0.2, -0.15) is 0 Å². The van der Waals surface area contributed by atoms with Crippen LogP contribution < -0.4 is 5.32 Å². The van der Waals surface area contributed by atoms with E-state index in [0.29, 0.717) is 28.0 Å². The summed E-state index contributed by atoms with van der Waals surface area (Å²) in [6.07, 6.45) is 7.29. The highest BCUT2D eigenvalue weighted by Crippen LogP contribution is 2.35. The van der Waals surface area contributed by atoms with Crippen LogP contribution in [0, 0.1) is 0 Å². The second kappa shape index (κ2) is 9.82. The largest absolute Gasteiger partial charge is 0.465 e. The number of ether oxygens (including phenoxy) is 1. The number of para-hydroxylation sites is 1. The van der Waals surface area contributed by atoms with Gasteiger partial charge < -0.3 is 14.5 Å². The molecule has 1 saturated carbocycles. The number of carbonyl (C=O) groups is 2. The Balaban J connectivity index is 1.50. The van der Waals surface area contributed by atoms with E-state index in [9.17, 15) is 9.59 Å². The third-order valence-electron chi connectivity index (χ3n) is 5.28. The Hall–Kier alpha value is -3.07. The molecule has 1 aromatic carbocycles. The third-order valence-corrected chi connectivity index (χ3v) is 6.23. The summed E-state index contributed by atoms with van der Waals surface area (Å²) in [6.45, 7) is 0. The van der Waals surface area contributed by atoms with E-state index in [1.165, 1.54) is 25.3 Å². The molecule has 0 aliphatic heterocycles. The summed E-state index contributed by atoms with van der Waals surface area (Å²) in [5.41, 5.74) is 0.735. The van der Waals surface area contributed by atoms with Gasteiger partial charge in [0.1, 0.15) is 0 Å². The van der Waals surface area contributed by atoms with E-state index >= 15 is 0 Å². The number of rotatable bonds is 7. The van der Waals surface area contributed by atoms with Gasteiger partial charge in [0.15, 0.2) is 10.9 Å². The first-order chi connectivity index (χ1) is 15.2. The average Bonchev–Trinajstić information content (AvgIpc) is 3.48. The molecule has 0 saturated heterocycles. The van der Waals surface area contributed by atoms with Gasteiger partial charge in [0.25, 0.3) is 0 Å². The summed E-state index contributed by atoms with van der Waals surface area (Å²) < 4.78 is 12.5. The van der Waals surface area contributed by atoms with Crippen molar-refractivity contribution in [3.8, 4) is 11.6 Å². The highest BCUT2D eigenvalue weighted by molar-refractivity contribution is 7.99. The second-order valence-electron chi connectivity index (χ2n) is 7.32. The average molecular weight is 441 g/mol. The summed E-state index contributed by atoms with van der Waals surface area (Å²) in [5.74, 6) is 0.762. The smallest absolute Gasteiger partial charge is 0.339 e. The lowest BCUT2D eigenvalue weighted by atomic mass is 9.95. The zero-order chi connectivity index (χ0) is 21.6. The number of hydrogen-bond acceptors (Lipinski definition) is 7. The second-order valence-corrected chi connectivity index (χ2v) is 8.26. The van der Waals surface area contributed by atoms with E-state index in [1.807, 2.05) is 12.1 Å². The van der Waals surface area contributed by atoms with Crippen molar-refractivity contribution in [1.29, 1.82) is 0 Å². The predicted octanol–water partition coefficient (Wildman–Crippen LogP) is 4.56. The van der Waals surface area contributed by atoms with Crippen molar-refractivity contribution in [2.75, 3.05) is 18.2 Å². The lowest BCUT2D eigenvalue weighted by Crippen LogP contribution is -2.18. The molecule has 2 aromatic heterocycles. The molecular formula is C22H24N4O4S. The van der Waals surface area contributed by atoms with Gasteiger partial charge >= 0.3 is 5.97 Å². The first-order valence-electron chi connectivity index (χ1n) is 10.3. The van der Waals surface area contributed by atoms with Gasteiger partial charge in [0, 0.05) is 6.04 Å². The number of aromatic nitrogens is 3. The van der Waals surface area contributed by atoms with Crippen LogP contribution in [0.1, 0.15) is 48.5 Å². The van der Waals surface area contributed by atoms with Crippen LogP contribution in [0.2, 0.25) is 0 Å². The number of thioether (sulfide) groups is 1. The molecule has 0 bridgehead atoms. The van der Waals surface area contributed by atoms with Gasteiger partial charge in [-0.15, -0.1) is 10.2 Å². The van der Waals surface area contributed by atoms with Crippen molar-refractivity contribution in [1.82, 2.24) is 14.8 Å². The minimum atomic E-state index is -0.497. The molecule has 0 spiro atoms. The lowest BCUT2D eigenvalue weighted by Gasteiger charge is -2.25. The third kappa shape index (κ3) is 4.82. The first kappa shape index (κ1) is 21.2. The van der Waals surface area contributed by atoms with Crippen LogP contribution in [0.15, 0.2) is 52.2 Å². The Morgan fingerprint density at radius 1 is 1.16 bits per heavy atom. The summed E-state index contributed by atoms with van der Waals surface area (Å²) in [5, 5.41) is 12.2. The fourth-order valence-corrected chi connectivity index (χ4v) is 4.62. The van der Waals surface area contributed by atoms with Crippen LogP contribution in [0.4, 0.5) is 5.69 Å². The number of nitrogens with one attached hydrogen (secondary N) is 1. The maximum absolute atomic E-state index is 12.6. The summed E-state index contributed by atoms with van der Waals surface area (Å²) in [4.78, 5) is 24.5. The Morgan fingerprint density at radius 2 is 1.97 bits per heavy atom. The van der Waals surface area contributed by atoms with Crippen LogP contribution in [0.5, 0.6) is 0 Å². The highest BCUT2D eigenvalue weighted by Gasteiger charge is 2.25. The Labute approximate surface area is 184 Å². The van der Waals surface area contributed by atoms with Gasteiger partial charge in [-0.05, 0) is 37.1 Å². The zero-order valence-electron chi connectivity index (χ0n) is 17.2. The van der Waals surface area contributed by atoms with Crippen LogP contribution in [0.25, 0.3) is 11.6 Å². The van der Waals surface area contributed by atoms with Crippen LogP contribution in [-0.2, 0) is 9.53 Å². The van der Waals surface area contributed by atoms with Crippen LogP contribution in [0.3, 0.4) is 0 Å². The monoisotopic (exact) mass is 440 g/mol. The summed E-state index contributed by atoms with van der Waals surface area (Å²) in [6, 6.07) is 10.7. The maximum atomic E-state index is 12.6. The Morgan fingerprint density at radius 3 is 2.71 bits per heavy atom. The summed E-state index contributed by atoms with van der Waals surface area (Å²) in [7, 11) is 1.31. The van der Waals surface area contributed by atoms with E-state index in [2.05, 4.69) is 20.1 Å². The molecule has 4 rings (SSSR count). The van der Waals surface area contributed by atoms with Crippen molar-refractivity contribution in [3.05, 3.63) is 48.2 Å². The molecule has 0 radical (unpaired) electrons. The number of nitrogens with zero attached hydrogens (tertiary/aromatic N) is 3. The van der Waals surface area contributed by atoms with E-state index in [0.717, 1.165) is 25.7 Å². The molecule has 0 atom stereocenters. The Kier molecular flexibility index (Phi) is 6.71. The van der Waals surface area contributed by atoms with Gasteiger partial charge in [0.2, 0.25) is 11.7 Å². The van der Waals surface area contributed by atoms with E-state index in [-0.39, 0.29) is 17.7 Å². The van der Waals surface area contributed by atoms with Crippen molar-refractivity contribution in [2.24, 2.45) is 0 Å². The molecule has 31 heavy (non-hydrogen) atoms. The van der Waals surface area contributed by atoms with Crippen LogP contribution in [-0.4, -0.2) is 39.5 Å². The molecule has 1 amide bonds. The number of hydrogen-bond donors (Lipinski definition) is 1. The number of esters is 1. The first-order valence-corrected chi connectivity index (χ1v) is 11.2. The standard InChI is InChI=1S/C22H24N4O4S/c1-29-21(28)16-10-5-6-11-17(16)23-19(27)14-31-22-25-24-20(18-12-7-13-30-18)26(22)15-8-3-2-4-9-15/h5-7,10-13,15H,2-4,8-9,14H2,1H3,(H,23,27). The molecular weight excluding hydrogens is 416 g/mol. The molecule has 1 aliphatic rings. The topological polar surface area (TPSA) is 99.2 Å².